The maximum absolute atomic E-state index is 11.0. The Morgan fingerprint density at radius 1 is 1.36 bits per heavy atom. The number of hydrogen-bond donors (Lipinski definition) is 0. The second-order valence-corrected chi connectivity index (χ2v) is 6.13. The number of rotatable bonds is 4. The van der Waals surface area contributed by atoms with E-state index in [2.05, 4.69) is 22.0 Å². The lowest BCUT2D eigenvalue weighted by Crippen LogP contribution is -2.30. The average molecular weight is 294 g/mol. The number of aromatic nitrogens is 1. The Morgan fingerprint density at radius 2 is 2.18 bits per heavy atom. The molecule has 0 amide bonds. The minimum atomic E-state index is 0.606. The summed E-state index contributed by atoms with van der Waals surface area (Å²) in [4.78, 5) is 17.9. The summed E-state index contributed by atoms with van der Waals surface area (Å²) in [5, 5.41) is 0. The van der Waals surface area contributed by atoms with E-state index >= 15 is 0 Å². The summed E-state index contributed by atoms with van der Waals surface area (Å²) in [5.41, 5.74) is 3.16. The van der Waals surface area contributed by atoms with Gasteiger partial charge in [0.15, 0.2) is 6.29 Å². The van der Waals surface area contributed by atoms with E-state index in [9.17, 15) is 4.79 Å². The van der Waals surface area contributed by atoms with Crippen LogP contribution in [0.1, 0.15) is 33.8 Å². The highest BCUT2D eigenvalue weighted by Gasteiger charge is 2.45. The summed E-state index contributed by atoms with van der Waals surface area (Å²) in [5.74, 6) is 3.24. The molecule has 112 valence electrons. The monoisotopic (exact) mass is 294 g/mol. The molecule has 0 N–H and O–H groups in total. The number of aldehydes is 1. The molecule has 0 radical (unpaired) electrons. The van der Waals surface area contributed by atoms with Crippen molar-refractivity contribution in [3.8, 4) is 5.75 Å². The zero-order chi connectivity index (χ0) is 15.1. The van der Waals surface area contributed by atoms with Gasteiger partial charge >= 0.3 is 0 Å². The predicted octanol–water partition coefficient (Wildman–Crippen LogP) is 3.03. The maximum atomic E-state index is 11.0. The highest BCUT2D eigenvalue weighted by Crippen LogP contribution is 2.54. The van der Waals surface area contributed by atoms with Crippen molar-refractivity contribution < 1.29 is 9.53 Å². The molecule has 22 heavy (non-hydrogen) atoms. The molecule has 2 atom stereocenters. The van der Waals surface area contributed by atoms with Crippen molar-refractivity contribution >= 4 is 12.1 Å². The zero-order valence-electron chi connectivity index (χ0n) is 12.5. The van der Waals surface area contributed by atoms with Crippen LogP contribution < -0.4 is 9.64 Å². The van der Waals surface area contributed by atoms with E-state index in [0.29, 0.717) is 11.5 Å². The number of nitrogens with zero attached hydrogens (tertiary/aromatic N) is 2. The van der Waals surface area contributed by atoms with Crippen LogP contribution in [0.4, 0.5) is 5.82 Å². The lowest BCUT2D eigenvalue weighted by atomic mass is 10.0. The van der Waals surface area contributed by atoms with Crippen LogP contribution in [0.5, 0.6) is 5.75 Å². The maximum Gasteiger partial charge on any atom is 0.151 e. The lowest BCUT2D eigenvalue weighted by molar-refractivity contribution is 0.112. The van der Waals surface area contributed by atoms with E-state index in [4.69, 9.17) is 4.74 Å². The predicted molar refractivity (Wildman–Crippen MR) is 84.5 cm³/mol. The SMILES string of the molecule is COc1ccc(CN2CC3CC3c3cc(C=O)cnc32)cc1. The third kappa shape index (κ3) is 2.25. The summed E-state index contributed by atoms with van der Waals surface area (Å²) in [6, 6.07) is 10.2. The van der Waals surface area contributed by atoms with Crippen LogP contribution in [0.3, 0.4) is 0 Å². The van der Waals surface area contributed by atoms with Crippen LogP contribution in [0.25, 0.3) is 0 Å². The van der Waals surface area contributed by atoms with Crippen LogP contribution in [0, 0.1) is 5.92 Å². The van der Waals surface area contributed by atoms with Crippen molar-refractivity contribution in [2.24, 2.45) is 5.92 Å². The van der Waals surface area contributed by atoms with E-state index in [0.717, 1.165) is 36.9 Å². The van der Waals surface area contributed by atoms with Crippen molar-refractivity contribution in [3.63, 3.8) is 0 Å². The first kappa shape index (κ1) is 13.3. The number of carbonyl (C=O) groups is 1. The molecular weight excluding hydrogens is 276 g/mol. The van der Waals surface area contributed by atoms with Crippen LogP contribution in [0.2, 0.25) is 0 Å². The van der Waals surface area contributed by atoms with Gasteiger partial charge in [-0.1, -0.05) is 12.1 Å². The number of anilines is 1. The number of carbonyl (C=O) groups excluding carboxylic acids is 1. The van der Waals surface area contributed by atoms with E-state index in [1.807, 2.05) is 18.2 Å². The van der Waals surface area contributed by atoms with Gasteiger partial charge in [0.2, 0.25) is 0 Å². The first-order chi connectivity index (χ1) is 10.8. The molecule has 0 saturated heterocycles. The highest BCUT2D eigenvalue weighted by molar-refractivity contribution is 5.76. The van der Waals surface area contributed by atoms with Gasteiger partial charge in [0, 0.05) is 24.8 Å². The number of fused-ring (bicyclic) bond motifs is 3. The van der Waals surface area contributed by atoms with Gasteiger partial charge in [-0.05, 0) is 47.6 Å². The number of hydrogen-bond acceptors (Lipinski definition) is 4. The van der Waals surface area contributed by atoms with Crippen LogP contribution >= 0.6 is 0 Å². The quantitative estimate of drug-likeness (QED) is 0.813. The summed E-state index contributed by atoms with van der Waals surface area (Å²) in [6.07, 6.45) is 3.78. The third-order valence-corrected chi connectivity index (χ3v) is 4.66. The molecule has 0 bridgehead atoms. The van der Waals surface area contributed by atoms with Crippen molar-refractivity contribution in [1.29, 1.82) is 0 Å². The topological polar surface area (TPSA) is 42.4 Å². The van der Waals surface area contributed by atoms with Crippen LogP contribution in [-0.2, 0) is 6.54 Å². The Balaban J connectivity index is 1.62. The molecule has 2 aromatic rings. The van der Waals surface area contributed by atoms with Gasteiger partial charge in [0.05, 0.1) is 7.11 Å². The normalized spacial score (nSPS) is 21.8. The molecule has 1 fully saturated rings. The molecule has 2 unspecified atom stereocenters. The molecule has 1 aromatic carbocycles. The molecule has 4 heteroatoms. The fourth-order valence-electron chi connectivity index (χ4n) is 3.38. The minimum absolute atomic E-state index is 0.606. The Kier molecular flexibility index (Phi) is 3.10. The molecule has 4 rings (SSSR count). The first-order valence-electron chi connectivity index (χ1n) is 7.61. The van der Waals surface area contributed by atoms with E-state index in [1.54, 1.807) is 13.3 Å². The fourth-order valence-corrected chi connectivity index (χ4v) is 3.38. The summed E-state index contributed by atoms with van der Waals surface area (Å²) < 4.78 is 5.21. The minimum Gasteiger partial charge on any atom is -0.497 e. The van der Waals surface area contributed by atoms with Crippen molar-refractivity contribution in [3.05, 3.63) is 53.2 Å². The number of ether oxygens (including phenoxy) is 1. The second kappa shape index (κ2) is 5.13. The Hall–Kier alpha value is -2.36. The van der Waals surface area contributed by atoms with Gasteiger partial charge in [0.25, 0.3) is 0 Å². The summed E-state index contributed by atoms with van der Waals surface area (Å²) in [7, 11) is 1.68. The van der Waals surface area contributed by atoms with Gasteiger partial charge in [-0.3, -0.25) is 4.79 Å². The number of pyridine rings is 1. The van der Waals surface area contributed by atoms with Gasteiger partial charge in [-0.25, -0.2) is 4.98 Å². The van der Waals surface area contributed by atoms with Gasteiger partial charge in [-0.2, -0.15) is 0 Å². The molecular formula is C18H18N2O2. The van der Waals surface area contributed by atoms with Crippen LogP contribution in [-0.4, -0.2) is 24.9 Å². The molecule has 1 aliphatic carbocycles. The Morgan fingerprint density at radius 3 is 2.91 bits per heavy atom. The lowest BCUT2D eigenvalue weighted by Gasteiger charge is -2.30. The molecule has 2 heterocycles. The standard InChI is InChI=1S/C18H18N2O2/c1-22-15-4-2-12(3-5-15)9-20-10-14-7-16(14)17-6-13(11-21)8-19-18(17)20/h2-6,8,11,14,16H,7,9-10H2,1H3. The van der Waals surface area contributed by atoms with Gasteiger partial charge in [0.1, 0.15) is 11.6 Å². The average Bonchev–Trinajstić information content (AvgIpc) is 3.35. The Labute approximate surface area is 129 Å². The molecule has 1 aromatic heterocycles. The highest BCUT2D eigenvalue weighted by atomic mass is 16.5. The molecule has 1 aliphatic heterocycles. The summed E-state index contributed by atoms with van der Waals surface area (Å²) >= 11 is 0. The van der Waals surface area contributed by atoms with Crippen molar-refractivity contribution in [2.75, 3.05) is 18.6 Å². The van der Waals surface area contributed by atoms with Gasteiger partial charge < -0.3 is 9.64 Å². The van der Waals surface area contributed by atoms with Gasteiger partial charge in [-0.15, -0.1) is 0 Å². The molecule has 4 nitrogen and oxygen atoms in total. The van der Waals surface area contributed by atoms with E-state index in [-0.39, 0.29) is 0 Å². The van der Waals surface area contributed by atoms with E-state index in [1.165, 1.54) is 17.5 Å². The van der Waals surface area contributed by atoms with E-state index < -0.39 is 0 Å². The number of benzene rings is 1. The molecule has 1 saturated carbocycles. The molecule has 0 spiro atoms. The smallest absolute Gasteiger partial charge is 0.151 e. The van der Waals surface area contributed by atoms with Crippen LogP contribution in [0.15, 0.2) is 36.5 Å². The van der Waals surface area contributed by atoms with Crippen molar-refractivity contribution in [1.82, 2.24) is 4.98 Å². The third-order valence-electron chi connectivity index (χ3n) is 4.66. The first-order valence-corrected chi connectivity index (χ1v) is 7.61. The number of methoxy groups -OCH3 is 1. The fraction of sp³-hybridized carbons (Fsp3) is 0.333. The summed E-state index contributed by atoms with van der Waals surface area (Å²) in [6.45, 7) is 1.89. The second-order valence-electron chi connectivity index (χ2n) is 6.13. The van der Waals surface area contributed by atoms with Crippen molar-refractivity contribution in [2.45, 2.75) is 18.9 Å². The molecule has 2 aliphatic rings. The Bertz CT molecular complexity index is 712. The largest absolute Gasteiger partial charge is 0.497 e. The zero-order valence-corrected chi connectivity index (χ0v) is 12.5.